The van der Waals surface area contributed by atoms with Crippen LogP contribution in [-0.4, -0.2) is 19.7 Å². The Balaban J connectivity index is 1.72. The molecule has 2 heterocycles. The Morgan fingerprint density at radius 2 is 2.30 bits per heavy atom. The predicted octanol–water partition coefficient (Wildman–Crippen LogP) is 3.58. The van der Waals surface area contributed by atoms with E-state index in [9.17, 15) is 4.79 Å². The lowest BCUT2D eigenvalue weighted by Crippen LogP contribution is -2.17. The maximum absolute atomic E-state index is 11.6. The summed E-state index contributed by atoms with van der Waals surface area (Å²) in [5.74, 6) is 1.73. The van der Waals surface area contributed by atoms with Crippen LogP contribution in [0.4, 0.5) is 0 Å². The average molecular weight is 351 g/mol. The first kappa shape index (κ1) is 15.9. The standard InChI is InChI=1S/C15H15ClN4O2S/c1-2-6-20-14(21)18-19-15(20)23-9-13-17-8-12(22-13)10-4-3-5-11(16)7-10/h3-5,7-8H,2,6,9H2,1H3,(H,18,21). The molecule has 2 aromatic heterocycles. The minimum absolute atomic E-state index is 0.193. The van der Waals surface area contributed by atoms with Crippen molar-refractivity contribution in [2.24, 2.45) is 0 Å². The number of aromatic amines is 1. The Morgan fingerprint density at radius 3 is 3.09 bits per heavy atom. The number of nitrogens with one attached hydrogen (secondary N) is 1. The smallest absolute Gasteiger partial charge is 0.343 e. The lowest BCUT2D eigenvalue weighted by atomic mass is 10.2. The van der Waals surface area contributed by atoms with Crippen LogP contribution < -0.4 is 5.69 Å². The number of hydrogen-bond acceptors (Lipinski definition) is 5. The summed E-state index contributed by atoms with van der Waals surface area (Å²) in [5.41, 5.74) is 0.685. The lowest BCUT2D eigenvalue weighted by molar-refractivity contribution is 0.529. The predicted molar refractivity (Wildman–Crippen MR) is 89.6 cm³/mol. The van der Waals surface area contributed by atoms with E-state index in [1.165, 1.54) is 11.8 Å². The highest BCUT2D eigenvalue weighted by atomic mass is 35.5. The summed E-state index contributed by atoms with van der Waals surface area (Å²) < 4.78 is 7.35. The van der Waals surface area contributed by atoms with E-state index in [4.69, 9.17) is 16.0 Å². The van der Waals surface area contributed by atoms with E-state index >= 15 is 0 Å². The summed E-state index contributed by atoms with van der Waals surface area (Å²) in [6.07, 6.45) is 2.54. The quantitative estimate of drug-likeness (QED) is 0.687. The van der Waals surface area contributed by atoms with Crippen molar-refractivity contribution in [2.45, 2.75) is 30.8 Å². The van der Waals surface area contributed by atoms with Gasteiger partial charge in [-0.3, -0.25) is 4.57 Å². The van der Waals surface area contributed by atoms with Crippen LogP contribution in [0.3, 0.4) is 0 Å². The van der Waals surface area contributed by atoms with Gasteiger partial charge in [0, 0.05) is 17.1 Å². The van der Waals surface area contributed by atoms with Crippen molar-refractivity contribution in [3.8, 4) is 11.3 Å². The molecule has 0 saturated heterocycles. The first-order chi connectivity index (χ1) is 11.2. The number of hydrogen-bond donors (Lipinski definition) is 1. The van der Waals surface area contributed by atoms with Crippen LogP contribution in [0.2, 0.25) is 5.02 Å². The molecule has 0 radical (unpaired) electrons. The van der Waals surface area contributed by atoms with Crippen LogP contribution in [0.15, 0.2) is 44.8 Å². The zero-order valence-electron chi connectivity index (χ0n) is 12.5. The molecule has 0 unspecified atom stereocenters. The van der Waals surface area contributed by atoms with Crippen molar-refractivity contribution in [3.05, 3.63) is 51.9 Å². The van der Waals surface area contributed by atoms with E-state index in [0.717, 1.165) is 12.0 Å². The van der Waals surface area contributed by atoms with Crippen LogP contribution in [0.5, 0.6) is 0 Å². The van der Waals surface area contributed by atoms with E-state index in [-0.39, 0.29) is 5.69 Å². The third kappa shape index (κ3) is 3.68. The highest BCUT2D eigenvalue weighted by molar-refractivity contribution is 7.98. The highest BCUT2D eigenvalue weighted by Gasteiger charge is 2.11. The van der Waals surface area contributed by atoms with Gasteiger partial charge >= 0.3 is 5.69 Å². The van der Waals surface area contributed by atoms with Crippen molar-refractivity contribution in [1.29, 1.82) is 0 Å². The Bertz CT molecular complexity index is 855. The Hall–Kier alpha value is -1.99. The molecule has 0 aliphatic rings. The van der Waals surface area contributed by atoms with Gasteiger partial charge in [0.05, 0.1) is 11.9 Å². The second-order valence-electron chi connectivity index (χ2n) is 4.88. The summed E-state index contributed by atoms with van der Waals surface area (Å²) >= 11 is 7.39. The largest absolute Gasteiger partial charge is 0.440 e. The number of H-pyrrole nitrogens is 1. The summed E-state index contributed by atoms with van der Waals surface area (Å²) in [6.45, 7) is 2.65. The number of benzene rings is 1. The summed E-state index contributed by atoms with van der Waals surface area (Å²) in [6, 6.07) is 7.41. The minimum Gasteiger partial charge on any atom is -0.440 e. The van der Waals surface area contributed by atoms with Gasteiger partial charge in [0.15, 0.2) is 10.9 Å². The Morgan fingerprint density at radius 1 is 1.43 bits per heavy atom. The second-order valence-corrected chi connectivity index (χ2v) is 6.26. The molecular formula is C15H15ClN4O2S. The van der Waals surface area contributed by atoms with Gasteiger partial charge in [-0.1, -0.05) is 42.4 Å². The molecule has 3 aromatic rings. The van der Waals surface area contributed by atoms with Crippen LogP contribution >= 0.6 is 23.4 Å². The first-order valence-electron chi connectivity index (χ1n) is 7.16. The number of aromatic nitrogens is 4. The molecule has 0 amide bonds. The lowest BCUT2D eigenvalue weighted by Gasteiger charge is -2.01. The van der Waals surface area contributed by atoms with Gasteiger partial charge < -0.3 is 4.42 Å². The van der Waals surface area contributed by atoms with Crippen LogP contribution in [0, 0.1) is 0 Å². The molecule has 0 atom stereocenters. The van der Waals surface area contributed by atoms with Gasteiger partial charge in [-0.05, 0) is 18.6 Å². The molecule has 0 aliphatic heterocycles. The molecule has 0 saturated carbocycles. The van der Waals surface area contributed by atoms with Crippen LogP contribution in [-0.2, 0) is 12.3 Å². The summed E-state index contributed by atoms with van der Waals surface area (Å²) in [4.78, 5) is 15.9. The summed E-state index contributed by atoms with van der Waals surface area (Å²) in [5, 5.41) is 7.78. The van der Waals surface area contributed by atoms with Crippen LogP contribution in [0.25, 0.3) is 11.3 Å². The maximum Gasteiger partial charge on any atom is 0.343 e. The topological polar surface area (TPSA) is 76.7 Å². The Kier molecular flexibility index (Phi) is 4.88. The van der Waals surface area contributed by atoms with Crippen molar-refractivity contribution < 1.29 is 4.42 Å². The van der Waals surface area contributed by atoms with Crippen molar-refractivity contribution >= 4 is 23.4 Å². The van der Waals surface area contributed by atoms with Gasteiger partial charge in [0.1, 0.15) is 0 Å². The maximum atomic E-state index is 11.6. The molecule has 0 bridgehead atoms. The van der Waals surface area contributed by atoms with Gasteiger partial charge in [0.25, 0.3) is 0 Å². The van der Waals surface area contributed by atoms with E-state index in [1.807, 2.05) is 31.2 Å². The molecular weight excluding hydrogens is 336 g/mol. The first-order valence-corrected chi connectivity index (χ1v) is 8.52. The number of nitrogens with zero attached hydrogens (tertiary/aromatic N) is 3. The third-order valence-corrected chi connectivity index (χ3v) is 4.35. The van der Waals surface area contributed by atoms with Gasteiger partial charge in [0.2, 0.25) is 5.89 Å². The van der Waals surface area contributed by atoms with Gasteiger partial charge in [-0.15, -0.1) is 5.10 Å². The van der Waals surface area contributed by atoms with Crippen molar-refractivity contribution in [2.75, 3.05) is 0 Å². The molecule has 1 aromatic carbocycles. The number of oxazole rings is 1. The molecule has 120 valence electrons. The zero-order valence-corrected chi connectivity index (χ0v) is 14.0. The fraction of sp³-hybridized carbons (Fsp3) is 0.267. The summed E-state index contributed by atoms with van der Waals surface area (Å²) in [7, 11) is 0. The third-order valence-electron chi connectivity index (χ3n) is 3.16. The monoisotopic (exact) mass is 350 g/mol. The SMILES string of the molecule is CCCn1c(SCc2ncc(-c3cccc(Cl)c3)o2)n[nH]c1=O. The molecule has 0 fully saturated rings. The molecule has 1 N–H and O–H groups in total. The molecule has 6 nitrogen and oxygen atoms in total. The van der Waals surface area contributed by atoms with E-state index in [2.05, 4.69) is 15.2 Å². The van der Waals surface area contributed by atoms with Crippen LogP contribution in [0.1, 0.15) is 19.2 Å². The molecule has 8 heteroatoms. The number of rotatable bonds is 6. The molecule has 0 aliphatic carbocycles. The van der Waals surface area contributed by atoms with Gasteiger partial charge in [-0.25, -0.2) is 14.9 Å². The number of thioether (sulfide) groups is 1. The minimum atomic E-state index is -0.193. The Labute approximate surface area is 141 Å². The number of halogens is 1. The van der Waals surface area contributed by atoms with Crippen molar-refractivity contribution in [1.82, 2.24) is 19.7 Å². The fourth-order valence-electron chi connectivity index (χ4n) is 2.11. The van der Waals surface area contributed by atoms with E-state index in [0.29, 0.717) is 34.1 Å². The fourth-order valence-corrected chi connectivity index (χ4v) is 3.13. The second kappa shape index (κ2) is 7.06. The van der Waals surface area contributed by atoms with Gasteiger partial charge in [-0.2, -0.15) is 0 Å². The van der Waals surface area contributed by atoms with E-state index < -0.39 is 0 Å². The molecule has 3 rings (SSSR count). The zero-order chi connectivity index (χ0) is 16.2. The normalized spacial score (nSPS) is 11.0. The van der Waals surface area contributed by atoms with Crippen molar-refractivity contribution in [3.63, 3.8) is 0 Å². The van der Waals surface area contributed by atoms with E-state index in [1.54, 1.807) is 10.8 Å². The molecule has 0 spiro atoms. The highest BCUT2D eigenvalue weighted by Crippen LogP contribution is 2.26. The average Bonchev–Trinajstić information content (AvgIpc) is 3.14. The molecule has 23 heavy (non-hydrogen) atoms.